The number of aryl methyl sites for hydroxylation is 1. The maximum Gasteiger partial charge on any atom is 0.261 e. The minimum absolute atomic E-state index is 0.476. The van der Waals surface area contributed by atoms with Crippen LogP contribution in [0.5, 0.6) is 5.75 Å². The third kappa shape index (κ3) is 2.91. The number of rotatable bonds is 3. The van der Waals surface area contributed by atoms with Gasteiger partial charge >= 0.3 is 0 Å². The van der Waals surface area contributed by atoms with Crippen molar-refractivity contribution in [1.82, 2.24) is 0 Å². The van der Waals surface area contributed by atoms with E-state index in [4.69, 9.17) is 4.74 Å². The molecule has 1 atom stereocenters. The molecule has 0 fully saturated rings. The van der Waals surface area contributed by atoms with Crippen LogP contribution in [0.1, 0.15) is 22.9 Å². The summed E-state index contributed by atoms with van der Waals surface area (Å²) < 4.78 is 31.3. The van der Waals surface area contributed by atoms with Gasteiger partial charge in [-0.2, -0.15) is 0 Å². The van der Waals surface area contributed by atoms with Crippen molar-refractivity contribution in [2.45, 2.75) is 24.6 Å². The normalized spacial score (nSPS) is 13.7. The van der Waals surface area contributed by atoms with Crippen LogP contribution < -0.4 is 4.74 Å². The maximum atomic E-state index is 13.1. The molecule has 0 aliphatic carbocycles. The zero-order chi connectivity index (χ0) is 11.6. The summed E-state index contributed by atoms with van der Waals surface area (Å²) in [5.41, 5.74) is 1.41. The molecular weight excluding hydrogens is 266 g/mol. The Morgan fingerprint density at radius 3 is 2.47 bits per heavy atom. The molecule has 0 radical (unpaired) electrons. The van der Waals surface area contributed by atoms with E-state index in [1.807, 2.05) is 13.0 Å². The van der Waals surface area contributed by atoms with Crippen LogP contribution in [0.2, 0.25) is 0 Å². The molecule has 84 valence electrons. The third-order valence-electron chi connectivity index (χ3n) is 2.10. The number of hydrogen-bond donors (Lipinski definition) is 0. The van der Waals surface area contributed by atoms with Crippen LogP contribution in [0.3, 0.4) is 0 Å². The van der Waals surface area contributed by atoms with E-state index in [1.165, 1.54) is 7.11 Å². The summed E-state index contributed by atoms with van der Waals surface area (Å²) in [5.74, 6) is -2.34. The molecule has 0 bridgehead atoms. The molecule has 4 heteroatoms. The Hall–Kier alpha value is -0.640. The van der Waals surface area contributed by atoms with Crippen molar-refractivity contribution in [1.29, 1.82) is 0 Å². The van der Waals surface area contributed by atoms with E-state index in [1.54, 1.807) is 12.1 Å². The quantitative estimate of drug-likeness (QED) is 0.757. The van der Waals surface area contributed by atoms with Crippen molar-refractivity contribution in [3.8, 4) is 5.75 Å². The largest absolute Gasteiger partial charge is 0.496 e. The zero-order valence-electron chi connectivity index (χ0n) is 8.85. The van der Waals surface area contributed by atoms with Crippen LogP contribution in [0, 0.1) is 6.92 Å². The number of hydrogen-bond acceptors (Lipinski definition) is 1. The summed E-state index contributed by atoms with van der Waals surface area (Å²) in [5, 5.41) is 0. The van der Waals surface area contributed by atoms with Crippen LogP contribution in [-0.4, -0.2) is 13.0 Å². The first-order valence-corrected chi connectivity index (χ1v) is 5.44. The third-order valence-corrected chi connectivity index (χ3v) is 3.40. The van der Waals surface area contributed by atoms with Gasteiger partial charge in [-0.05, 0) is 13.0 Å². The Balaban J connectivity index is 3.17. The van der Waals surface area contributed by atoms with Gasteiger partial charge in [0.2, 0.25) is 0 Å². The summed E-state index contributed by atoms with van der Waals surface area (Å²) in [4.78, 5) is -1.03. The number of ether oxygens (including phenoxy) is 1. The Morgan fingerprint density at radius 2 is 2.00 bits per heavy atom. The average Bonchev–Trinajstić information content (AvgIpc) is 2.15. The fraction of sp³-hybridized carbons (Fsp3) is 0.455. The van der Waals surface area contributed by atoms with Gasteiger partial charge in [0.1, 0.15) is 10.6 Å². The summed E-state index contributed by atoms with van der Waals surface area (Å²) in [6, 6.07) is 5.23. The predicted molar refractivity (Wildman–Crippen MR) is 60.0 cm³/mol. The zero-order valence-corrected chi connectivity index (χ0v) is 10.4. The van der Waals surface area contributed by atoms with E-state index in [0.29, 0.717) is 11.3 Å². The average molecular weight is 279 g/mol. The van der Waals surface area contributed by atoms with E-state index in [2.05, 4.69) is 15.9 Å². The lowest BCUT2D eigenvalue weighted by molar-refractivity contribution is 0.0207. The molecular formula is C11H13BrF2O. The highest BCUT2D eigenvalue weighted by Crippen LogP contribution is 2.42. The molecule has 0 spiro atoms. The van der Waals surface area contributed by atoms with Crippen molar-refractivity contribution in [2.24, 2.45) is 0 Å². The fourth-order valence-electron chi connectivity index (χ4n) is 1.32. The maximum absolute atomic E-state index is 13.1. The van der Waals surface area contributed by atoms with Crippen molar-refractivity contribution >= 4 is 15.9 Å². The summed E-state index contributed by atoms with van der Waals surface area (Å²) in [6.07, 6.45) is 0. The van der Waals surface area contributed by atoms with Gasteiger partial charge in [-0.15, -0.1) is 0 Å². The lowest BCUT2D eigenvalue weighted by Gasteiger charge is -2.20. The Bertz CT molecular complexity index is 347. The highest BCUT2D eigenvalue weighted by molar-refractivity contribution is 9.09. The molecule has 1 nitrogen and oxygen atoms in total. The van der Waals surface area contributed by atoms with Crippen LogP contribution in [0.4, 0.5) is 8.78 Å². The van der Waals surface area contributed by atoms with Crippen LogP contribution in [-0.2, 0) is 0 Å². The number of alkyl halides is 3. The molecule has 0 saturated heterocycles. The molecule has 0 N–H and O–H groups in total. The Labute approximate surface area is 96.6 Å². The summed E-state index contributed by atoms with van der Waals surface area (Å²) >= 11 is 3.00. The highest BCUT2D eigenvalue weighted by Gasteiger charge is 2.35. The second-order valence-corrected chi connectivity index (χ2v) is 4.48. The van der Waals surface area contributed by atoms with Gasteiger partial charge in [-0.3, -0.25) is 0 Å². The first-order chi connectivity index (χ1) is 6.86. The SMILES string of the molecule is COc1ccc(C)cc1C(Br)C(C)(F)F. The van der Waals surface area contributed by atoms with Crippen LogP contribution in [0.15, 0.2) is 18.2 Å². The minimum atomic E-state index is -2.82. The standard InChI is InChI=1S/C11H13BrF2O/c1-7-4-5-9(15-3)8(6-7)10(12)11(2,13)14/h4-6,10H,1-3H3. The lowest BCUT2D eigenvalue weighted by Crippen LogP contribution is -2.17. The van der Waals surface area contributed by atoms with Crippen LogP contribution in [0.25, 0.3) is 0 Å². The van der Waals surface area contributed by atoms with Gasteiger partial charge in [0.15, 0.2) is 0 Å². The molecule has 0 amide bonds. The van der Waals surface area contributed by atoms with Gasteiger partial charge in [-0.1, -0.05) is 33.6 Å². The number of halogens is 3. The smallest absolute Gasteiger partial charge is 0.261 e. The molecule has 0 aliphatic rings. The predicted octanol–water partition coefficient (Wildman–Crippen LogP) is 4.09. The molecule has 1 aromatic rings. The van der Waals surface area contributed by atoms with Gasteiger partial charge in [0.25, 0.3) is 5.92 Å². The summed E-state index contributed by atoms with van der Waals surface area (Å²) in [6.45, 7) is 2.74. The van der Waals surface area contributed by atoms with Crippen molar-refractivity contribution in [3.05, 3.63) is 29.3 Å². The Morgan fingerprint density at radius 1 is 1.40 bits per heavy atom. The van der Waals surface area contributed by atoms with Crippen molar-refractivity contribution in [2.75, 3.05) is 7.11 Å². The topological polar surface area (TPSA) is 9.23 Å². The molecule has 1 aromatic carbocycles. The van der Waals surface area contributed by atoms with Crippen molar-refractivity contribution in [3.63, 3.8) is 0 Å². The second-order valence-electron chi connectivity index (χ2n) is 3.56. The lowest BCUT2D eigenvalue weighted by atomic mass is 10.0. The molecule has 0 aliphatic heterocycles. The van der Waals surface area contributed by atoms with E-state index < -0.39 is 10.7 Å². The van der Waals surface area contributed by atoms with Crippen LogP contribution >= 0.6 is 15.9 Å². The second kappa shape index (κ2) is 4.47. The monoisotopic (exact) mass is 278 g/mol. The van der Waals surface area contributed by atoms with Gasteiger partial charge in [0.05, 0.1) is 7.11 Å². The van der Waals surface area contributed by atoms with E-state index >= 15 is 0 Å². The van der Waals surface area contributed by atoms with Crippen molar-refractivity contribution < 1.29 is 13.5 Å². The van der Waals surface area contributed by atoms with Gasteiger partial charge in [0, 0.05) is 12.5 Å². The number of methoxy groups -OCH3 is 1. The first kappa shape index (κ1) is 12.4. The summed E-state index contributed by atoms with van der Waals surface area (Å²) in [7, 11) is 1.47. The fourth-order valence-corrected chi connectivity index (χ4v) is 1.68. The molecule has 15 heavy (non-hydrogen) atoms. The molecule has 0 aromatic heterocycles. The van der Waals surface area contributed by atoms with E-state index in [-0.39, 0.29) is 0 Å². The highest BCUT2D eigenvalue weighted by atomic mass is 79.9. The molecule has 0 saturated carbocycles. The molecule has 1 unspecified atom stereocenters. The van der Waals surface area contributed by atoms with Gasteiger partial charge in [-0.25, -0.2) is 8.78 Å². The number of benzene rings is 1. The Kier molecular flexibility index (Phi) is 3.71. The van der Waals surface area contributed by atoms with E-state index in [0.717, 1.165) is 12.5 Å². The van der Waals surface area contributed by atoms with E-state index in [9.17, 15) is 8.78 Å². The molecule has 1 rings (SSSR count). The molecule has 0 heterocycles. The minimum Gasteiger partial charge on any atom is -0.496 e. The first-order valence-electron chi connectivity index (χ1n) is 4.52. The van der Waals surface area contributed by atoms with Gasteiger partial charge < -0.3 is 4.74 Å².